The summed E-state index contributed by atoms with van der Waals surface area (Å²) in [6.07, 6.45) is -1.37. The molecule has 1 aromatic heterocycles. The molecule has 1 N–H and O–H groups in total. The predicted molar refractivity (Wildman–Crippen MR) is 108 cm³/mol. The van der Waals surface area contributed by atoms with Gasteiger partial charge in [0, 0.05) is 17.8 Å². The molecule has 0 aliphatic rings. The van der Waals surface area contributed by atoms with Crippen LogP contribution < -0.4 is 10.1 Å². The Kier molecular flexibility index (Phi) is 6.25. The zero-order valence-electron chi connectivity index (χ0n) is 16.4. The van der Waals surface area contributed by atoms with Crippen LogP contribution >= 0.6 is 0 Å². The molecule has 0 radical (unpaired) electrons. The number of rotatable bonds is 6. The lowest BCUT2D eigenvalue weighted by atomic mass is 10.1. The monoisotopic (exact) mass is 415 g/mol. The number of nitrogens with zero attached hydrogens (tertiary/aromatic N) is 2. The second kappa shape index (κ2) is 8.86. The molecule has 5 nitrogen and oxygen atoms in total. The zero-order chi connectivity index (χ0) is 21.7. The highest BCUT2D eigenvalue weighted by atomic mass is 19.4. The van der Waals surface area contributed by atoms with Gasteiger partial charge in [0.05, 0.1) is 19.2 Å². The van der Waals surface area contributed by atoms with Crippen molar-refractivity contribution in [3.8, 4) is 5.75 Å². The minimum Gasteiger partial charge on any atom is -0.497 e. The van der Waals surface area contributed by atoms with Crippen molar-refractivity contribution in [1.29, 1.82) is 0 Å². The summed E-state index contributed by atoms with van der Waals surface area (Å²) in [7, 11) is 1.58. The van der Waals surface area contributed by atoms with E-state index in [4.69, 9.17) is 4.74 Å². The van der Waals surface area contributed by atoms with Gasteiger partial charge in [-0.3, -0.25) is 9.48 Å². The third-order valence-electron chi connectivity index (χ3n) is 4.36. The third kappa shape index (κ3) is 5.50. The number of halogens is 3. The zero-order valence-corrected chi connectivity index (χ0v) is 16.4. The standard InChI is InChI=1S/C22H20F3N3O2/c1-15-12-20(26-21(29)11-8-16-6-9-19(30-2)10-7-16)27-28(15)14-17-4-3-5-18(13-17)22(23,24)25/h3-13H,14H2,1-2H3,(H,26,27,29)/b11-8+. The Bertz CT molecular complexity index is 1050. The van der Waals surface area contributed by atoms with Crippen LogP contribution in [0.3, 0.4) is 0 Å². The second-order valence-corrected chi connectivity index (χ2v) is 6.62. The molecule has 0 spiro atoms. The average molecular weight is 415 g/mol. The number of benzene rings is 2. The molecule has 0 unspecified atom stereocenters. The van der Waals surface area contributed by atoms with E-state index >= 15 is 0 Å². The smallest absolute Gasteiger partial charge is 0.416 e. The first-order valence-electron chi connectivity index (χ1n) is 9.08. The molecule has 0 saturated heterocycles. The summed E-state index contributed by atoms with van der Waals surface area (Å²) in [5.41, 5.74) is 1.30. The van der Waals surface area contributed by atoms with Gasteiger partial charge in [-0.2, -0.15) is 18.3 Å². The maximum atomic E-state index is 12.9. The van der Waals surface area contributed by atoms with Gasteiger partial charge < -0.3 is 10.1 Å². The van der Waals surface area contributed by atoms with E-state index in [9.17, 15) is 18.0 Å². The summed E-state index contributed by atoms with van der Waals surface area (Å²) in [5, 5.41) is 6.92. The van der Waals surface area contributed by atoms with Gasteiger partial charge in [-0.1, -0.05) is 24.3 Å². The number of methoxy groups -OCH3 is 1. The summed E-state index contributed by atoms with van der Waals surface area (Å²) in [4.78, 5) is 12.1. The summed E-state index contributed by atoms with van der Waals surface area (Å²) < 4.78 is 45.3. The molecule has 0 fully saturated rings. The molecule has 0 saturated carbocycles. The molecular weight excluding hydrogens is 395 g/mol. The average Bonchev–Trinajstić information content (AvgIpc) is 3.05. The molecular formula is C22H20F3N3O2. The maximum Gasteiger partial charge on any atom is 0.416 e. The van der Waals surface area contributed by atoms with Crippen LogP contribution in [-0.2, 0) is 17.5 Å². The second-order valence-electron chi connectivity index (χ2n) is 6.62. The fourth-order valence-electron chi connectivity index (χ4n) is 2.81. The number of nitrogens with one attached hydrogen (secondary N) is 1. The Morgan fingerprint density at radius 2 is 1.90 bits per heavy atom. The largest absolute Gasteiger partial charge is 0.497 e. The van der Waals surface area contributed by atoms with E-state index < -0.39 is 11.7 Å². The molecule has 156 valence electrons. The fourth-order valence-corrected chi connectivity index (χ4v) is 2.81. The van der Waals surface area contributed by atoms with E-state index in [2.05, 4.69) is 10.4 Å². The number of carbonyl (C=O) groups excluding carboxylic acids is 1. The highest BCUT2D eigenvalue weighted by Crippen LogP contribution is 2.29. The van der Waals surface area contributed by atoms with E-state index in [1.807, 2.05) is 12.1 Å². The van der Waals surface area contributed by atoms with E-state index in [0.717, 1.165) is 23.4 Å². The van der Waals surface area contributed by atoms with Crippen molar-refractivity contribution in [2.45, 2.75) is 19.6 Å². The molecule has 8 heteroatoms. The summed E-state index contributed by atoms with van der Waals surface area (Å²) >= 11 is 0. The number of aryl methyl sites for hydroxylation is 1. The van der Waals surface area contributed by atoms with Gasteiger partial charge >= 0.3 is 6.18 Å². The van der Waals surface area contributed by atoms with E-state index in [-0.39, 0.29) is 12.5 Å². The van der Waals surface area contributed by atoms with Crippen molar-refractivity contribution in [1.82, 2.24) is 9.78 Å². The van der Waals surface area contributed by atoms with Crippen LogP contribution in [0.4, 0.5) is 19.0 Å². The molecule has 30 heavy (non-hydrogen) atoms. The van der Waals surface area contributed by atoms with Crippen molar-refractivity contribution in [3.63, 3.8) is 0 Å². The van der Waals surface area contributed by atoms with Gasteiger partial charge in [0.2, 0.25) is 5.91 Å². The Hall–Kier alpha value is -3.55. The lowest BCUT2D eigenvalue weighted by Crippen LogP contribution is -2.10. The van der Waals surface area contributed by atoms with Gasteiger partial charge in [0.15, 0.2) is 5.82 Å². The summed E-state index contributed by atoms with van der Waals surface area (Å²) in [6, 6.07) is 14.0. The minimum atomic E-state index is -4.40. The van der Waals surface area contributed by atoms with Crippen molar-refractivity contribution in [2.24, 2.45) is 0 Å². The first-order valence-corrected chi connectivity index (χ1v) is 9.08. The number of hydrogen-bond acceptors (Lipinski definition) is 3. The lowest BCUT2D eigenvalue weighted by Gasteiger charge is -2.09. The first kappa shape index (κ1) is 21.2. The Morgan fingerprint density at radius 3 is 2.57 bits per heavy atom. The highest BCUT2D eigenvalue weighted by molar-refractivity contribution is 6.01. The van der Waals surface area contributed by atoms with Crippen LogP contribution in [0.1, 0.15) is 22.4 Å². The van der Waals surface area contributed by atoms with Gasteiger partial charge in [-0.25, -0.2) is 0 Å². The van der Waals surface area contributed by atoms with E-state index in [1.165, 1.54) is 16.8 Å². The van der Waals surface area contributed by atoms with Gasteiger partial charge in [-0.05, 0) is 48.4 Å². The van der Waals surface area contributed by atoms with Crippen molar-refractivity contribution < 1.29 is 22.7 Å². The molecule has 2 aromatic carbocycles. The lowest BCUT2D eigenvalue weighted by molar-refractivity contribution is -0.137. The highest BCUT2D eigenvalue weighted by Gasteiger charge is 2.30. The molecule has 3 aromatic rings. The minimum absolute atomic E-state index is 0.160. The van der Waals surface area contributed by atoms with Crippen molar-refractivity contribution >= 4 is 17.8 Å². The van der Waals surface area contributed by atoms with E-state index in [0.29, 0.717) is 17.1 Å². The number of alkyl halides is 3. The molecule has 0 aliphatic heterocycles. The number of hydrogen-bond donors (Lipinski definition) is 1. The Balaban J connectivity index is 1.65. The third-order valence-corrected chi connectivity index (χ3v) is 4.36. The van der Waals surface area contributed by atoms with Crippen LogP contribution in [-0.4, -0.2) is 22.8 Å². The molecule has 1 heterocycles. The number of amides is 1. The van der Waals surface area contributed by atoms with Gasteiger partial charge in [0.1, 0.15) is 5.75 Å². The Morgan fingerprint density at radius 1 is 1.17 bits per heavy atom. The molecule has 0 aliphatic carbocycles. The van der Waals surface area contributed by atoms with Crippen LogP contribution in [0.5, 0.6) is 5.75 Å². The topological polar surface area (TPSA) is 56.1 Å². The van der Waals surface area contributed by atoms with E-state index in [1.54, 1.807) is 44.4 Å². The predicted octanol–water partition coefficient (Wildman–Crippen LogP) is 4.92. The van der Waals surface area contributed by atoms with Crippen LogP contribution in [0.25, 0.3) is 6.08 Å². The number of ether oxygens (including phenoxy) is 1. The summed E-state index contributed by atoms with van der Waals surface area (Å²) in [6.45, 7) is 1.93. The number of aromatic nitrogens is 2. The number of anilines is 1. The molecule has 0 bridgehead atoms. The summed E-state index contributed by atoms with van der Waals surface area (Å²) in [5.74, 6) is 0.678. The van der Waals surface area contributed by atoms with Crippen molar-refractivity contribution in [3.05, 3.63) is 83.1 Å². The normalized spacial score (nSPS) is 11.6. The molecule has 1 amide bonds. The Labute approximate surface area is 171 Å². The van der Waals surface area contributed by atoms with Gasteiger partial charge in [-0.15, -0.1) is 0 Å². The quantitative estimate of drug-likeness (QED) is 0.582. The first-order chi connectivity index (χ1) is 14.2. The molecule has 0 atom stereocenters. The molecule has 3 rings (SSSR count). The SMILES string of the molecule is COc1ccc(/C=C/C(=O)Nc2cc(C)n(Cc3cccc(C(F)(F)F)c3)n2)cc1. The van der Waals surface area contributed by atoms with Crippen LogP contribution in [0.15, 0.2) is 60.7 Å². The van der Waals surface area contributed by atoms with Crippen LogP contribution in [0.2, 0.25) is 0 Å². The van der Waals surface area contributed by atoms with Gasteiger partial charge in [0.25, 0.3) is 0 Å². The fraction of sp³-hybridized carbons (Fsp3) is 0.182. The van der Waals surface area contributed by atoms with Crippen LogP contribution in [0, 0.1) is 6.92 Å². The van der Waals surface area contributed by atoms with Crippen molar-refractivity contribution in [2.75, 3.05) is 12.4 Å². The maximum absolute atomic E-state index is 12.9. The number of carbonyl (C=O) groups is 1.